The normalized spacial score (nSPS) is 11.6. The number of carbonyl (C=O) groups excluding carboxylic acids is 2. The van der Waals surface area contributed by atoms with Crippen LogP contribution in [0.2, 0.25) is 0 Å². The van der Waals surface area contributed by atoms with Crippen molar-refractivity contribution in [2.24, 2.45) is 5.41 Å². The molecule has 0 aromatic heterocycles. The Morgan fingerprint density at radius 2 is 0.757 bits per heavy atom. The van der Waals surface area contributed by atoms with Gasteiger partial charge in [0.15, 0.2) is 0 Å². The van der Waals surface area contributed by atoms with E-state index in [2.05, 4.69) is 13.8 Å². The Morgan fingerprint density at radius 3 is 1.03 bits per heavy atom. The molecule has 0 unspecified atom stereocenters. The minimum atomic E-state index is -1.15. The second-order valence-electron chi connectivity index (χ2n) is 11.0. The predicted molar refractivity (Wildman–Crippen MR) is 151 cm³/mol. The highest BCUT2D eigenvalue weighted by Crippen LogP contribution is 2.19. The van der Waals surface area contributed by atoms with Crippen molar-refractivity contribution in [3.05, 3.63) is 0 Å². The minimum Gasteiger partial charge on any atom is -0.465 e. The highest BCUT2D eigenvalue weighted by atomic mass is 16.5. The van der Waals surface area contributed by atoms with Gasteiger partial charge in [-0.15, -0.1) is 0 Å². The molecule has 0 saturated carbocycles. The van der Waals surface area contributed by atoms with E-state index in [0.717, 1.165) is 38.5 Å². The molecule has 0 atom stereocenters. The zero-order valence-corrected chi connectivity index (χ0v) is 24.4. The summed E-state index contributed by atoms with van der Waals surface area (Å²) in [6, 6.07) is 0. The molecule has 6 heteroatoms. The molecule has 37 heavy (non-hydrogen) atoms. The second kappa shape index (κ2) is 26.5. The van der Waals surface area contributed by atoms with E-state index in [4.69, 9.17) is 9.47 Å². The summed E-state index contributed by atoms with van der Waals surface area (Å²) in [6.45, 7) is 3.33. The lowest BCUT2D eigenvalue weighted by Gasteiger charge is -2.28. The fourth-order valence-electron chi connectivity index (χ4n) is 4.40. The quantitative estimate of drug-likeness (QED) is 0.0799. The third-order valence-electron chi connectivity index (χ3n) is 7.22. The molecule has 0 spiro atoms. The summed E-state index contributed by atoms with van der Waals surface area (Å²) in [5.74, 6) is -0.662. The van der Waals surface area contributed by atoms with Gasteiger partial charge in [0.25, 0.3) is 0 Å². The number of unbranched alkanes of at least 4 members (excludes halogenated alkanes) is 18. The highest BCUT2D eigenvalue weighted by molar-refractivity contribution is 5.69. The standard InChI is InChI=1S/C31H60O6/c1-3-5-7-9-11-13-15-17-19-21-23-29(34)36-27-31(25-32,26-33)28-37-30(35)24-22-20-18-16-14-12-10-8-6-4-2/h32-33H,3-28H2,1-2H3. The molecule has 0 amide bonds. The van der Waals surface area contributed by atoms with Crippen molar-refractivity contribution in [3.8, 4) is 0 Å². The van der Waals surface area contributed by atoms with Gasteiger partial charge in [0.2, 0.25) is 0 Å². The van der Waals surface area contributed by atoms with Gasteiger partial charge in [-0.2, -0.15) is 0 Å². The monoisotopic (exact) mass is 528 g/mol. The van der Waals surface area contributed by atoms with E-state index in [1.807, 2.05) is 0 Å². The number of esters is 2. The molecule has 0 radical (unpaired) electrons. The van der Waals surface area contributed by atoms with Gasteiger partial charge in [-0.3, -0.25) is 9.59 Å². The van der Waals surface area contributed by atoms with Gasteiger partial charge in [0.1, 0.15) is 13.2 Å². The SMILES string of the molecule is CCCCCCCCCCCCC(=O)OCC(CO)(CO)COC(=O)CCCCCCCCCCCC. The summed E-state index contributed by atoms with van der Waals surface area (Å²) >= 11 is 0. The van der Waals surface area contributed by atoms with Crippen LogP contribution in [-0.4, -0.2) is 48.6 Å². The van der Waals surface area contributed by atoms with Crippen LogP contribution in [0.5, 0.6) is 0 Å². The van der Waals surface area contributed by atoms with Crippen LogP contribution >= 0.6 is 0 Å². The summed E-state index contributed by atoms with van der Waals surface area (Å²) in [7, 11) is 0. The molecule has 0 aliphatic heterocycles. The number of hydrogen-bond acceptors (Lipinski definition) is 6. The Labute approximate surface area is 228 Å². The summed E-state index contributed by atoms with van der Waals surface area (Å²) in [6.07, 6.45) is 24.6. The third-order valence-corrected chi connectivity index (χ3v) is 7.22. The van der Waals surface area contributed by atoms with Crippen molar-refractivity contribution in [2.75, 3.05) is 26.4 Å². The molecule has 0 aromatic rings. The number of hydrogen-bond donors (Lipinski definition) is 2. The summed E-state index contributed by atoms with van der Waals surface area (Å²) in [5, 5.41) is 19.6. The molecule has 0 aromatic carbocycles. The average molecular weight is 529 g/mol. The van der Waals surface area contributed by atoms with Crippen LogP contribution in [-0.2, 0) is 19.1 Å². The van der Waals surface area contributed by atoms with Crippen molar-refractivity contribution in [1.29, 1.82) is 0 Å². The van der Waals surface area contributed by atoms with Crippen LogP contribution in [0.15, 0.2) is 0 Å². The van der Waals surface area contributed by atoms with E-state index in [-0.39, 0.29) is 25.2 Å². The van der Waals surface area contributed by atoms with E-state index in [9.17, 15) is 19.8 Å². The van der Waals surface area contributed by atoms with Gasteiger partial charge in [-0.05, 0) is 12.8 Å². The lowest BCUT2D eigenvalue weighted by Crippen LogP contribution is -2.41. The van der Waals surface area contributed by atoms with Crippen LogP contribution in [0.25, 0.3) is 0 Å². The molecular formula is C31H60O6. The Kier molecular flexibility index (Phi) is 25.7. The maximum Gasteiger partial charge on any atom is 0.305 e. The van der Waals surface area contributed by atoms with Gasteiger partial charge in [-0.25, -0.2) is 0 Å². The lowest BCUT2D eigenvalue weighted by molar-refractivity contribution is -0.159. The highest BCUT2D eigenvalue weighted by Gasteiger charge is 2.32. The van der Waals surface area contributed by atoms with Crippen molar-refractivity contribution >= 4 is 11.9 Å². The number of aliphatic hydroxyl groups excluding tert-OH is 2. The minimum absolute atomic E-state index is 0.151. The van der Waals surface area contributed by atoms with Crippen molar-refractivity contribution in [3.63, 3.8) is 0 Å². The molecule has 2 N–H and O–H groups in total. The third kappa shape index (κ3) is 22.5. The molecule has 0 rings (SSSR count). The number of rotatable bonds is 28. The largest absolute Gasteiger partial charge is 0.465 e. The Hall–Kier alpha value is -1.14. The van der Waals surface area contributed by atoms with E-state index in [1.54, 1.807) is 0 Å². The number of carbonyl (C=O) groups is 2. The van der Waals surface area contributed by atoms with Gasteiger partial charge in [0, 0.05) is 12.8 Å². The van der Waals surface area contributed by atoms with Gasteiger partial charge in [-0.1, -0.05) is 129 Å². The smallest absolute Gasteiger partial charge is 0.305 e. The van der Waals surface area contributed by atoms with E-state index in [1.165, 1.54) is 89.9 Å². The predicted octanol–water partition coefficient (Wildman–Crippen LogP) is 7.67. The molecule has 0 bridgehead atoms. The van der Waals surface area contributed by atoms with E-state index in [0.29, 0.717) is 12.8 Å². The topological polar surface area (TPSA) is 93.1 Å². The second-order valence-corrected chi connectivity index (χ2v) is 11.0. The van der Waals surface area contributed by atoms with Crippen LogP contribution < -0.4 is 0 Å². The Bertz CT molecular complexity index is 476. The molecule has 6 nitrogen and oxygen atoms in total. The number of ether oxygens (including phenoxy) is 2. The fourth-order valence-corrected chi connectivity index (χ4v) is 4.40. The molecule has 0 aliphatic carbocycles. The first kappa shape index (κ1) is 35.9. The zero-order valence-electron chi connectivity index (χ0n) is 24.4. The first-order valence-corrected chi connectivity index (χ1v) is 15.6. The van der Waals surface area contributed by atoms with Crippen LogP contribution in [0.4, 0.5) is 0 Å². The van der Waals surface area contributed by atoms with Crippen LogP contribution in [0.3, 0.4) is 0 Å². The number of aliphatic hydroxyl groups is 2. The Balaban J connectivity index is 3.88. The van der Waals surface area contributed by atoms with Crippen LogP contribution in [0, 0.1) is 5.41 Å². The van der Waals surface area contributed by atoms with Gasteiger partial charge in [0.05, 0.1) is 18.6 Å². The first-order chi connectivity index (χ1) is 18.0. The summed E-state index contributed by atoms with van der Waals surface area (Å²) < 4.78 is 10.6. The maximum absolute atomic E-state index is 12.1. The van der Waals surface area contributed by atoms with Crippen molar-refractivity contribution in [1.82, 2.24) is 0 Å². The molecule has 0 aliphatic rings. The molecular weight excluding hydrogens is 468 g/mol. The van der Waals surface area contributed by atoms with Gasteiger partial charge >= 0.3 is 11.9 Å². The Morgan fingerprint density at radius 1 is 0.486 bits per heavy atom. The first-order valence-electron chi connectivity index (χ1n) is 15.6. The van der Waals surface area contributed by atoms with E-state index < -0.39 is 18.6 Å². The lowest BCUT2D eigenvalue weighted by atomic mass is 9.92. The molecule has 0 saturated heterocycles. The molecule has 0 heterocycles. The fraction of sp³-hybridized carbons (Fsp3) is 0.935. The van der Waals surface area contributed by atoms with E-state index >= 15 is 0 Å². The molecule has 220 valence electrons. The summed E-state index contributed by atoms with van der Waals surface area (Å²) in [5.41, 5.74) is -1.15. The van der Waals surface area contributed by atoms with Crippen molar-refractivity contribution in [2.45, 2.75) is 155 Å². The van der Waals surface area contributed by atoms with Crippen molar-refractivity contribution < 1.29 is 29.3 Å². The van der Waals surface area contributed by atoms with Gasteiger partial charge < -0.3 is 19.7 Å². The summed E-state index contributed by atoms with van der Waals surface area (Å²) in [4.78, 5) is 24.2. The van der Waals surface area contributed by atoms with Crippen LogP contribution in [0.1, 0.15) is 155 Å². The maximum atomic E-state index is 12.1. The molecule has 0 fully saturated rings. The zero-order chi connectivity index (χ0) is 27.5. The average Bonchev–Trinajstić information content (AvgIpc) is 2.91.